The first-order chi connectivity index (χ1) is 13.4. The SMILES string of the molecule is Cc1cc(C)n(Cc2ccc(C(=O)NCCOc3ccc(Cl)c(C)c3)cc2)n1. The Balaban J connectivity index is 1.47. The molecule has 3 aromatic rings. The summed E-state index contributed by atoms with van der Waals surface area (Å²) in [6.45, 7) is 7.45. The molecule has 146 valence electrons. The third kappa shape index (κ3) is 5.14. The quantitative estimate of drug-likeness (QED) is 0.604. The zero-order valence-corrected chi connectivity index (χ0v) is 17.1. The van der Waals surface area contributed by atoms with Crippen molar-refractivity contribution in [1.82, 2.24) is 15.1 Å². The van der Waals surface area contributed by atoms with Gasteiger partial charge in [-0.05, 0) is 68.3 Å². The monoisotopic (exact) mass is 397 g/mol. The molecule has 1 aromatic heterocycles. The number of halogens is 1. The van der Waals surface area contributed by atoms with Crippen molar-refractivity contribution in [2.24, 2.45) is 0 Å². The highest BCUT2D eigenvalue weighted by Crippen LogP contribution is 2.20. The lowest BCUT2D eigenvalue weighted by Crippen LogP contribution is -2.28. The fourth-order valence-corrected chi connectivity index (χ4v) is 3.03. The fraction of sp³-hybridized carbons (Fsp3) is 0.273. The van der Waals surface area contributed by atoms with Crippen LogP contribution >= 0.6 is 11.6 Å². The molecule has 0 unspecified atom stereocenters. The standard InChI is InChI=1S/C22H24ClN3O2/c1-15-12-20(8-9-21(15)23)28-11-10-24-22(27)19-6-4-18(5-7-19)14-26-17(3)13-16(2)25-26/h4-9,12-13H,10-11,14H2,1-3H3,(H,24,27). The van der Waals surface area contributed by atoms with E-state index in [4.69, 9.17) is 16.3 Å². The Kier molecular flexibility index (Phi) is 6.37. The van der Waals surface area contributed by atoms with Crippen LogP contribution in [-0.4, -0.2) is 28.8 Å². The smallest absolute Gasteiger partial charge is 0.251 e. The van der Waals surface area contributed by atoms with Crippen LogP contribution in [0.4, 0.5) is 0 Å². The molecule has 0 aliphatic heterocycles. The van der Waals surface area contributed by atoms with Gasteiger partial charge >= 0.3 is 0 Å². The number of rotatable bonds is 7. The number of nitrogens with one attached hydrogen (secondary N) is 1. The molecule has 5 nitrogen and oxygen atoms in total. The molecule has 1 amide bonds. The molecule has 0 saturated heterocycles. The third-order valence-electron chi connectivity index (χ3n) is 4.44. The lowest BCUT2D eigenvalue weighted by Gasteiger charge is -2.09. The molecule has 2 aromatic carbocycles. The van der Waals surface area contributed by atoms with E-state index in [1.807, 2.05) is 61.9 Å². The van der Waals surface area contributed by atoms with Crippen LogP contribution in [0.15, 0.2) is 48.5 Å². The second-order valence-corrected chi connectivity index (χ2v) is 7.20. The molecule has 1 heterocycles. The Morgan fingerprint density at radius 3 is 2.50 bits per heavy atom. The molecule has 1 N–H and O–H groups in total. The molecule has 28 heavy (non-hydrogen) atoms. The van der Waals surface area contributed by atoms with E-state index in [-0.39, 0.29) is 5.91 Å². The molecule has 0 aliphatic carbocycles. The van der Waals surface area contributed by atoms with Crippen molar-refractivity contribution in [2.75, 3.05) is 13.2 Å². The number of aryl methyl sites for hydroxylation is 3. The summed E-state index contributed by atoms with van der Waals surface area (Å²) in [5, 5.41) is 8.04. The zero-order chi connectivity index (χ0) is 20.1. The van der Waals surface area contributed by atoms with Gasteiger partial charge in [0.05, 0.1) is 18.8 Å². The van der Waals surface area contributed by atoms with Crippen LogP contribution in [-0.2, 0) is 6.54 Å². The molecule has 0 saturated carbocycles. The zero-order valence-electron chi connectivity index (χ0n) is 16.3. The Morgan fingerprint density at radius 2 is 1.86 bits per heavy atom. The minimum Gasteiger partial charge on any atom is -0.492 e. The highest BCUT2D eigenvalue weighted by molar-refractivity contribution is 6.31. The fourth-order valence-electron chi connectivity index (χ4n) is 2.91. The van der Waals surface area contributed by atoms with Crippen molar-refractivity contribution in [3.63, 3.8) is 0 Å². The van der Waals surface area contributed by atoms with Crippen LogP contribution in [0.5, 0.6) is 5.75 Å². The van der Waals surface area contributed by atoms with E-state index in [0.717, 1.165) is 28.3 Å². The molecule has 0 spiro atoms. The van der Waals surface area contributed by atoms with Gasteiger partial charge in [-0.25, -0.2) is 0 Å². The van der Waals surface area contributed by atoms with E-state index in [2.05, 4.69) is 16.5 Å². The molecular formula is C22H24ClN3O2. The second-order valence-electron chi connectivity index (χ2n) is 6.80. The summed E-state index contributed by atoms with van der Waals surface area (Å²) in [4.78, 5) is 12.3. The molecule has 0 radical (unpaired) electrons. The third-order valence-corrected chi connectivity index (χ3v) is 4.86. The molecule has 0 aliphatic rings. The summed E-state index contributed by atoms with van der Waals surface area (Å²) in [7, 11) is 0. The lowest BCUT2D eigenvalue weighted by molar-refractivity contribution is 0.0947. The molecule has 3 rings (SSSR count). The van der Waals surface area contributed by atoms with Gasteiger partial charge < -0.3 is 10.1 Å². The first kappa shape index (κ1) is 20.0. The number of hydrogen-bond acceptors (Lipinski definition) is 3. The van der Waals surface area contributed by atoms with Crippen LogP contribution in [0, 0.1) is 20.8 Å². The predicted octanol–water partition coefficient (Wildman–Crippen LogP) is 4.32. The van der Waals surface area contributed by atoms with Gasteiger partial charge in [-0.2, -0.15) is 5.10 Å². The number of benzene rings is 2. The highest BCUT2D eigenvalue weighted by Gasteiger charge is 2.07. The minimum atomic E-state index is -0.117. The molecule has 6 heteroatoms. The average Bonchev–Trinajstić information content (AvgIpc) is 2.99. The number of amides is 1. The van der Waals surface area contributed by atoms with Gasteiger partial charge in [0, 0.05) is 16.3 Å². The van der Waals surface area contributed by atoms with Crippen molar-refractivity contribution in [3.8, 4) is 5.75 Å². The number of ether oxygens (including phenoxy) is 1. The molecule has 0 atom stereocenters. The molecular weight excluding hydrogens is 374 g/mol. The number of aromatic nitrogens is 2. The normalized spacial score (nSPS) is 10.7. The van der Waals surface area contributed by atoms with Crippen molar-refractivity contribution in [2.45, 2.75) is 27.3 Å². The summed E-state index contributed by atoms with van der Waals surface area (Å²) >= 11 is 6.00. The summed E-state index contributed by atoms with van der Waals surface area (Å²) in [5.41, 5.74) is 4.81. The van der Waals surface area contributed by atoms with Gasteiger partial charge in [0.2, 0.25) is 0 Å². The van der Waals surface area contributed by atoms with Crippen molar-refractivity contribution < 1.29 is 9.53 Å². The Bertz CT molecular complexity index is 964. The van der Waals surface area contributed by atoms with Gasteiger partial charge in [0.1, 0.15) is 12.4 Å². The Labute approximate surface area is 170 Å². The maximum Gasteiger partial charge on any atom is 0.251 e. The van der Waals surface area contributed by atoms with E-state index < -0.39 is 0 Å². The van der Waals surface area contributed by atoms with Gasteiger partial charge in [-0.3, -0.25) is 9.48 Å². The van der Waals surface area contributed by atoms with Crippen LogP contribution in [0.3, 0.4) is 0 Å². The van der Waals surface area contributed by atoms with E-state index in [1.54, 1.807) is 6.07 Å². The highest BCUT2D eigenvalue weighted by atomic mass is 35.5. The number of hydrogen-bond donors (Lipinski definition) is 1. The minimum absolute atomic E-state index is 0.117. The number of carbonyl (C=O) groups excluding carboxylic acids is 1. The lowest BCUT2D eigenvalue weighted by atomic mass is 10.1. The number of nitrogens with zero attached hydrogens (tertiary/aromatic N) is 2. The van der Waals surface area contributed by atoms with Crippen molar-refractivity contribution >= 4 is 17.5 Å². The van der Waals surface area contributed by atoms with E-state index in [0.29, 0.717) is 30.3 Å². The first-order valence-electron chi connectivity index (χ1n) is 9.19. The summed E-state index contributed by atoms with van der Waals surface area (Å²) < 4.78 is 7.60. The summed E-state index contributed by atoms with van der Waals surface area (Å²) in [6.07, 6.45) is 0. The second kappa shape index (κ2) is 8.93. The largest absolute Gasteiger partial charge is 0.492 e. The Morgan fingerprint density at radius 1 is 1.11 bits per heavy atom. The van der Waals surface area contributed by atoms with E-state index >= 15 is 0 Å². The molecule has 0 bridgehead atoms. The van der Waals surface area contributed by atoms with Crippen LogP contribution < -0.4 is 10.1 Å². The van der Waals surface area contributed by atoms with Crippen molar-refractivity contribution in [1.29, 1.82) is 0 Å². The van der Waals surface area contributed by atoms with Crippen molar-refractivity contribution in [3.05, 3.63) is 81.6 Å². The van der Waals surface area contributed by atoms with E-state index in [9.17, 15) is 4.79 Å². The van der Waals surface area contributed by atoms with E-state index in [1.165, 1.54) is 0 Å². The Hall–Kier alpha value is -2.79. The van der Waals surface area contributed by atoms with Crippen LogP contribution in [0.2, 0.25) is 5.02 Å². The van der Waals surface area contributed by atoms with Gasteiger partial charge in [0.25, 0.3) is 5.91 Å². The number of carbonyl (C=O) groups is 1. The predicted molar refractivity (Wildman–Crippen MR) is 111 cm³/mol. The average molecular weight is 398 g/mol. The van der Waals surface area contributed by atoms with Gasteiger partial charge in [0.15, 0.2) is 0 Å². The van der Waals surface area contributed by atoms with Gasteiger partial charge in [-0.15, -0.1) is 0 Å². The summed E-state index contributed by atoms with van der Waals surface area (Å²) in [5.74, 6) is 0.623. The maximum absolute atomic E-state index is 12.3. The first-order valence-corrected chi connectivity index (χ1v) is 9.57. The topological polar surface area (TPSA) is 56.2 Å². The maximum atomic E-state index is 12.3. The summed E-state index contributed by atoms with van der Waals surface area (Å²) in [6, 6.07) is 15.1. The van der Waals surface area contributed by atoms with Crippen LogP contribution in [0.25, 0.3) is 0 Å². The van der Waals surface area contributed by atoms with Crippen LogP contribution in [0.1, 0.15) is 32.9 Å². The molecule has 0 fully saturated rings. The van der Waals surface area contributed by atoms with Gasteiger partial charge in [-0.1, -0.05) is 23.7 Å².